The number of β-amino-alcohol motifs (C(OH)–C–C–N with tert-alkyl or cyclic N) is 1. The SMILES string of the molecule is CC1CCCC(C)C12NC(=O)N(CC1(O)CCCCC1)C2=O. The van der Waals surface area contributed by atoms with Crippen LogP contribution in [0.25, 0.3) is 0 Å². The fourth-order valence-corrected chi connectivity index (χ4v) is 4.76. The van der Waals surface area contributed by atoms with E-state index in [1.807, 2.05) is 0 Å². The van der Waals surface area contributed by atoms with Gasteiger partial charge in [-0.1, -0.05) is 39.5 Å². The molecule has 124 valence electrons. The van der Waals surface area contributed by atoms with Crippen LogP contribution >= 0.6 is 0 Å². The van der Waals surface area contributed by atoms with E-state index in [9.17, 15) is 14.7 Å². The van der Waals surface area contributed by atoms with Crippen LogP contribution in [0, 0.1) is 11.8 Å². The maximum Gasteiger partial charge on any atom is 0.325 e. The number of nitrogens with one attached hydrogen (secondary N) is 1. The van der Waals surface area contributed by atoms with E-state index < -0.39 is 11.1 Å². The second kappa shape index (κ2) is 5.52. The zero-order valence-corrected chi connectivity index (χ0v) is 13.7. The molecule has 3 fully saturated rings. The summed E-state index contributed by atoms with van der Waals surface area (Å²) in [5, 5.41) is 13.7. The molecule has 3 amide bonds. The fourth-order valence-electron chi connectivity index (χ4n) is 4.76. The lowest BCUT2D eigenvalue weighted by Gasteiger charge is -2.42. The van der Waals surface area contributed by atoms with Crippen LogP contribution in [0.2, 0.25) is 0 Å². The molecule has 1 saturated heterocycles. The Kier molecular flexibility index (Phi) is 3.96. The van der Waals surface area contributed by atoms with Crippen molar-refractivity contribution in [2.45, 2.75) is 76.4 Å². The van der Waals surface area contributed by atoms with Crippen molar-refractivity contribution in [3.8, 4) is 0 Å². The van der Waals surface area contributed by atoms with Crippen LogP contribution < -0.4 is 5.32 Å². The van der Waals surface area contributed by atoms with E-state index in [0.29, 0.717) is 12.8 Å². The Labute approximate surface area is 132 Å². The molecule has 0 aromatic heterocycles. The smallest absolute Gasteiger partial charge is 0.325 e. The normalized spacial score (nSPS) is 38.4. The van der Waals surface area contributed by atoms with Crippen molar-refractivity contribution in [3.63, 3.8) is 0 Å². The van der Waals surface area contributed by atoms with Crippen LogP contribution in [0.3, 0.4) is 0 Å². The summed E-state index contributed by atoms with van der Waals surface area (Å²) in [7, 11) is 0. The second-order valence-electron chi connectivity index (χ2n) is 7.71. The molecule has 1 spiro atoms. The van der Waals surface area contributed by atoms with Gasteiger partial charge < -0.3 is 10.4 Å². The number of carbonyl (C=O) groups is 2. The van der Waals surface area contributed by atoms with Crippen LogP contribution in [0.4, 0.5) is 4.79 Å². The summed E-state index contributed by atoms with van der Waals surface area (Å²) < 4.78 is 0. The highest BCUT2D eigenvalue weighted by atomic mass is 16.3. The van der Waals surface area contributed by atoms with Crippen molar-refractivity contribution in [1.82, 2.24) is 10.2 Å². The minimum Gasteiger partial charge on any atom is -0.388 e. The molecule has 0 aromatic carbocycles. The molecule has 0 aromatic rings. The van der Waals surface area contributed by atoms with Gasteiger partial charge in [0.15, 0.2) is 0 Å². The molecule has 2 aliphatic carbocycles. The van der Waals surface area contributed by atoms with Crippen LogP contribution in [-0.2, 0) is 4.79 Å². The van der Waals surface area contributed by atoms with E-state index in [4.69, 9.17) is 0 Å². The predicted molar refractivity (Wildman–Crippen MR) is 83.2 cm³/mol. The van der Waals surface area contributed by atoms with E-state index in [0.717, 1.165) is 38.5 Å². The highest BCUT2D eigenvalue weighted by Crippen LogP contribution is 2.43. The number of nitrogens with zero attached hydrogens (tertiary/aromatic N) is 1. The Bertz CT molecular complexity index is 461. The number of carbonyl (C=O) groups excluding carboxylic acids is 2. The summed E-state index contributed by atoms with van der Waals surface area (Å²) in [6.45, 7) is 4.28. The van der Waals surface area contributed by atoms with Gasteiger partial charge >= 0.3 is 6.03 Å². The van der Waals surface area contributed by atoms with Crippen LogP contribution in [0.15, 0.2) is 0 Å². The summed E-state index contributed by atoms with van der Waals surface area (Å²) in [5.74, 6) is 0.189. The second-order valence-corrected chi connectivity index (χ2v) is 7.71. The van der Waals surface area contributed by atoms with Gasteiger partial charge in [0.2, 0.25) is 0 Å². The molecule has 2 unspecified atom stereocenters. The third-order valence-electron chi connectivity index (χ3n) is 6.22. The molecule has 1 aliphatic heterocycles. The molecule has 3 aliphatic rings. The van der Waals surface area contributed by atoms with Crippen LogP contribution in [0.1, 0.15) is 65.2 Å². The van der Waals surface area contributed by atoms with E-state index in [1.54, 1.807) is 0 Å². The minimum absolute atomic E-state index is 0.115. The highest BCUT2D eigenvalue weighted by molar-refractivity contribution is 6.07. The average molecular weight is 308 g/mol. The van der Waals surface area contributed by atoms with Gasteiger partial charge in [0.1, 0.15) is 5.54 Å². The predicted octanol–water partition coefficient (Wildman–Crippen LogP) is 2.43. The topological polar surface area (TPSA) is 69.6 Å². The van der Waals surface area contributed by atoms with Crippen molar-refractivity contribution in [2.24, 2.45) is 11.8 Å². The molecule has 0 radical (unpaired) electrons. The molecule has 3 rings (SSSR count). The first kappa shape index (κ1) is 15.8. The molecule has 2 atom stereocenters. The third kappa shape index (κ3) is 2.34. The van der Waals surface area contributed by atoms with Crippen molar-refractivity contribution >= 4 is 11.9 Å². The Morgan fingerprint density at radius 2 is 1.68 bits per heavy atom. The van der Waals surface area contributed by atoms with E-state index >= 15 is 0 Å². The Hall–Kier alpha value is -1.10. The number of urea groups is 1. The standard InChI is InChI=1S/C17H28N2O3/c1-12-7-6-8-13(2)17(12)14(20)19(15(21)18-17)11-16(22)9-4-3-5-10-16/h12-13,22H,3-11H2,1-2H3,(H,18,21). The van der Waals surface area contributed by atoms with Crippen molar-refractivity contribution < 1.29 is 14.7 Å². The van der Waals surface area contributed by atoms with Gasteiger partial charge in [-0.25, -0.2) is 4.79 Å². The lowest BCUT2D eigenvalue weighted by molar-refractivity contribution is -0.139. The van der Waals surface area contributed by atoms with Crippen molar-refractivity contribution in [3.05, 3.63) is 0 Å². The Morgan fingerprint density at radius 1 is 1.09 bits per heavy atom. The molecule has 5 heteroatoms. The molecule has 0 bridgehead atoms. The zero-order chi connectivity index (χ0) is 16.0. The number of imide groups is 1. The summed E-state index contributed by atoms with van der Waals surface area (Å²) in [4.78, 5) is 26.8. The molecule has 1 heterocycles. The number of hydrogen-bond donors (Lipinski definition) is 2. The molecule has 2 saturated carbocycles. The van der Waals surface area contributed by atoms with Gasteiger partial charge in [-0.15, -0.1) is 0 Å². The van der Waals surface area contributed by atoms with Crippen molar-refractivity contribution in [1.29, 1.82) is 0 Å². The summed E-state index contributed by atoms with van der Waals surface area (Å²) in [5.41, 5.74) is -1.64. The first-order valence-electron chi connectivity index (χ1n) is 8.75. The van der Waals surface area contributed by atoms with Crippen LogP contribution in [-0.4, -0.2) is 39.6 Å². The number of hydrogen-bond acceptors (Lipinski definition) is 3. The molecule has 2 N–H and O–H groups in total. The summed E-state index contributed by atoms with van der Waals surface area (Å²) >= 11 is 0. The van der Waals surface area contributed by atoms with E-state index in [-0.39, 0.29) is 30.3 Å². The van der Waals surface area contributed by atoms with E-state index in [1.165, 1.54) is 4.90 Å². The monoisotopic (exact) mass is 308 g/mol. The summed E-state index contributed by atoms with van der Waals surface area (Å²) in [6.07, 6.45) is 7.47. The van der Waals surface area contributed by atoms with Gasteiger partial charge in [0.05, 0.1) is 12.1 Å². The Morgan fingerprint density at radius 3 is 2.27 bits per heavy atom. The highest BCUT2D eigenvalue weighted by Gasteiger charge is 2.59. The molecular weight excluding hydrogens is 280 g/mol. The Balaban J connectivity index is 1.82. The third-order valence-corrected chi connectivity index (χ3v) is 6.22. The largest absolute Gasteiger partial charge is 0.388 e. The zero-order valence-electron chi connectivity index (χ0n) is 13.7. The van der Waals surface area contributed by atoms with Crippen LogP contribution in [0.5, 0.6) is 0 Å². The van der Waals surface area contributed by atoms with Crippen molar-refractivity contribution in [2.75, 3.05) is 6.54 Å². The average Bonchev–Trinajstić information content (AvgIpc) is 2.71. The first-order valence-corrected chi connectivity index (χ1v) is 8.75. The summed E-state index contributed by atoms with van der Waals surface area (Å²) in [6, 6.07) is -0.315. The number of rotatable bonds is 2. The fraction of sp³-hybridized carbons (Fsp3) is 0.882. The minimum atomic E-state index is -0.891. The number of amides is 3. The maximum atomic E-state index is 13.1. The first-order chi connectivity index (χ1) is 10.4. The molecular formula is C17H28N2O3. The lowest BCUT2D eigenvalue weighted by Crippen LogP contribution is -2.59. The van der Waals surface area contributed by atoms with Gasteiger partial charge in [0, 0.05) is 0 Å². The van der Waals surface area contributed by atoms with E-state index in [2.05, 4.69) is 19.2 Å². The number of aliphatic hydroxyl groups is 1. The molecule has 5 nitrogen and oxygen atoms in total. The lowest BCUT2D eigenvalue weighted by atomic mass is 9.67. The quantitative estimate of drug-likeness (QED) is 0.770. The van der Waals surface area contributed by atoms with Gasteiger partial charge in [-0.05, 0) is 37.5 Å². The van der Waals surface area contributed by atoms with Gasteiger partial charge in [-0.2, -0.15) is 0 Å². The van der Waals surface area contributed by atoms with Gasteiger partial charge in [0.25, 0.3) is 5.91 Å². The van der Waals surface area contributed by atoms with Gasteiger partial charge in [-0.3, -0.25) is 9.69 Å². The maximum absolute atomic E-state index is 13.1. The molecule has 22 heavy (non-hydrogen) atoms.